The second-order valence-electron chi connectivity index (χ2n) is 6.68. The lowest BCUT2D eigenvalue weighted by Crippen LogP contribution is -2.42. The van der Waals surface area contributed by atoms with Crippen molar-refractivity contribution in [1.29, 1.82) is 0 Å². The van der Waals surface area contributed by atoms with Crippen LogP contribution in [0.4, 0.5) is 22.2 Å². The van der Waals surface area contributed by atoms with Gasteiger partial charge >= 0.3 is 6.09 Å². The van der Waals surface area contributed by atoms with Gasteiger partial charge in [0.15, 0.2) is 0 Å². The number of aryl methyl sites for hydroxylation is 1. The molecule has 8 heteroatoms. The predicted molar refractivity (Wildman–Crippen MR) is 108 cm³/mol. The van der Waals surface area contributed by atoms with Crippen LogP contribution < -0.4 is 15.4 Å². The number of nitrogens with zero attached hydrogens (tertiary/aromatic N) is 3. The van der Waals surface area contributed by atoms with E-state index in [-0.39, 0.29) is 12.1 Å². The molecule has 1 saturated heterocycles. The summed E-state index contributed by atoms with van der Waals surface area (Å²) >= 11 is 0. The zero-order chi connectivity index (χ0) is 19.9. The van der Waals surface area contributed by atoms with Gasteiger partial charge in [-0.3, -0.25) is 0 Å². The van der Waals surface area contributed by atoms with Gasteiger partial charge in [0.25, 0.3) is 0 Å². The molecule has 150 valence electrons. The number of carbonyl (C=O) groups excluding carboxylic acids is 1. The fourth-order valence-electron chi connectivity index (χ4n) is 3.15. The molecule has 1 aromatic carbocycles. The molecule has 0 aliphatic carbocycles. The SMILES string of the molecule is CCOC(=O)N1CCC(Nc2nc(C)cc(Nc3cccc(OC)c3)n2)CC1. The van der Waals surface area contributed by atoms with Crippen LogP contribution in [0.15, 0.2) is 30.3 Å². The van der Waals surface area contributed by atoms with Crippen molar-refractivity contribution in [3.05, 3.63) is 36.0 Å². The molecule has 0 spiro atoms. The minimum Gasteiger partial charge on any atom is -0.497 e. The van der Waals surface area contributed by atoms with Crippen LogP contribution in [-0.2, 0) is 4.74 Å². The molecule has 0 bridgehead atoms. The molecular formula is C20H27N5O3. The van der Waals surface area contributed by atoms with Gasteiger partial charge in [0.2, 0.25) is 5.95 Å². The summed E-state index contributed by atoms with van der Waals surface area (Å²) in [7, 11) is 1.64. The van der Waals surface area contributed by atoms with E-state index in [1.54, 1.807) is 12.0 Å². The van der Waals surface area contributed by atoms with Crippen LogP contribution in [0, 0.1) is 6.92 Å². The van der Waals surface area contributed by atoms with Gasteiger partial charge in [-0.2, -0.15) is 4.98 Å². The molecule has 8 nitrogen and oxygen atoms in total. The summed E-state index contributed by atoms with van der Waals surface area (Å²) in [5, 5.41) is 6.69. The van der Waals surface area contributed by atoms with Crippen molar-refractivity contribution in [2.24, 2.45) is 0 Å². The van der Waals surface area contributed by atoms with E-state index in [0.29, 0.717) is 31.5 Å². The van der Waals surface area contributed by atoms with E-state index in [1.807, 2.05) is 44.2 Å². The third-order valence-electron chi connectivity index (χ3n) is 4.55. The highest BCUT2D eigenvalue weighted by Gasteiger charge is 2.24. The number of hydrogen-bond acceptors (Lipinski definition) is 7. The summed E-state index contributed by atoms with van der Waals surface area (Å²) in [5.74, 6) is 2.08. The first kappa shape index (κ1) is 19.7. The Balaban J connectivity index is 1.61. The molecule has 2 aromatic rings. The Labute approximate surface area is 165 Å². The number of likely N-dealkylation sites (tertiary alicyclic amines) is 1. The largest absolute Gasteiger partial charge is 0.497 e. The van der Waals surface area contributed by atoms with Gasteiger partial charge < -0.3 is 25.0 Å². The number of rotatable bonds is 6. The molecule has 0 unspecified atom stereocenters. The maximum atomic E-state index is 11.8. The summed E-state index contributed by atoms with van der Waals surface area (Å²) in [6, 6.07) is 9.80. The molecule has 1 fully saturated rings. The number of aromatic nitrogens is 2. The summed E-state index contributed by atoms with van der Waals surface area (Å²) in [4.78, 5) is 22.6. The number of hydrogen-bond donors (Lipinski definition) is 2. The lowest BCUT2D eigenvalue weighted by Gasteiger charge is -2.31. The fraction of sp³-hybridized carbons (Fsp3) is 0.450. The molecule has 0 saturated carbocycles. The number of methoxy groups -OCH3 is 1. The molecule has 1 aliphatic heterocycles. The molecule has 1 amide bonds. The summed E-state index contributed by atoms with van der Waals surface area (Å²) < 4.78 is 10.3. The smallest absolute Gasteiger partial charge is 0.409 e. The quantitative estimate of drug-likeness (QED) is 0.786. The topological polar surface area (TPSA) is 88.6 Å². The second kappa shape index (κ2) is 9.25. The third-order valence-corrected chi connectivity index (χ3v) is 4.55. The summed E-state index contributed by atoms with van der Waals surface area (Å²) in [5.41, 5.74) is 1.76. The van der Waals surface area contributed by atoms with Gasteiger partial charge in [0, 0.05) is 42.6 Å². The first-order valence-electron chi connectivity index (χ1n) is 9.52. The number of anilines is 3. The van der Waals surface area contributed by atoms with Crippen molar-refractivity contribution in [2.45, 2.75) is 32.7 Å². The zero-order valence-corrected chi connectivity index (χ0v) is 16.6. The Morgan fingerprint density at radius 1 is 1.25 bits per heavy atom. The standard InChI is InChI=1S/C20H27N5O3/c1-4-28-20(26)25-10-8-15(9-11-25)23-19-21-14(2)12-18(24-19)22-16-6-5-7-17(13-16)27-3/h5-7,12-13,15H,4,8-11H2,1-3H3,(H2,21,22,23,24). The van der Waals surface area contributed by atoms with Gasteiger partial charge in [-0.25, -0.2) is 9.78 Å². The number of piperidine rings is 1. The number of ether oxygens (including phenoxy) is 2. The average Bonchev–Trinajstić information content (AvgIpc) is 2.68. The Hall–Kier alpha value is -3.03. The highest BCUT2D eigenvalue weighted by Crippen LogP contribution is 2.22. The Kier molecular flexibility index (Phi) is 6.52. The van der Waals surface area contributed by atoms with E-state index in [4.69, 9.17) is 9.47 Å². The average molecular weight is 385 g/mol. The van der Waals surface area contributed by atoms with Crippen LogP contribution >= 0.6 is 0 Å². The Morgan fingerprint density at radius 3 is 2.75 bits per heavy atom. The number of nitrogens with one attached hydrogen (secondary N) is 2. The van der Waals surface area contributed by atoms with E-state index in [0.717, 1.165) is 30.0 Å². The molecule has 1 aliphatic rings. The highest BCUT2D eigenvalue weighted by atomic mass is 16.6. The normalized spacial score (nSPS) is 14.5. The van der Waals surface area contributed by atoms with E-state index in [1.165, 1.54) is 0 Å². The number of amides is 1. The molecular weight excluding hydrogens is 358 g/mol. The van der Waals surface area contributed by atoms with Gasteiger partial charge in [-0.05, 0) is 38.8 Å². The molecule has 2 N–H and O–H groups in total. The van der Waals surface area contributed by atoms with Crippen LogP contribution in [0.3, 0.4) is 0 Å². The van der Waals surface area contributed by atoms with Crippen molar-refractivity contribution in [3.8, 4) is 5.75 Å². The molecule has 0 atom stereocenters. The van der Waals surface area contributed by atoms with Crippen LogP contribution in [0.1, 0.15) is 25.5 Å². The van der Waals surface area contributed by atoms with Crippen LogP contribution in [0.25, 0.3) is 0 Å². The van der Waals surface area contributed by atoms with Crippen molar-refractivity contribution < 1.29 is 14.3 Å². The molecule has 28 heavy (non-hydrogen) atoms. The fourth-order valence-corrected chi connectivity index (χ4v) is 3.15. The summed E-state index contributed by atoms with van der Waals surface area (Å²) in [6.45, 7) is 5.48. The van der Waals surface area contributed by atoms with Crippen LogP contribution in [0.5, 0.6) is 5.75 Å². The summed E-state index contributed by atoms with van der Waals surface area (Å²) in [6.07, 6.45) is 1.42. The van der Waals surface area contributed by atoms with Crippen molar-refractivity contribution >= 4 is 23.5 Å². The van der Waals surface area contributed by atoms with E-state index in [9.17, 15) is 4.79 Å². The maximum Gasteiger partial charge on any atom is 0.409 e. The van der Waals surface area contributed by atoms with E-state index >= 15 is 0 Å². The van der Waals surface area contributed by atoms with Gasteiger partial charge in [-0.1, -0.05) is 6.07 Å². The minimum atomic E-state index is -0.238. The van der Waals surface area contributed by atoms with Crippen LogP contribution in [-0.4, -0.2) is 53.8 Å². The molecule has 0 radical (unpaired) electrons. The lowest BCUT2D eigenvalue weighted by molar-refractivity contribution is 0.0983. The van der Waals surface area contributed by atoms with Gasteiger partial charge in [-0.15, -0.1) is 0 Å². The molecule has 3 rings (SSSR count). The lowest BCUT2D eigenvalue weighted by atomic mass is 10.1. The van der Waals surface area contributed by atoms with Crippen molar-refractivity contribution in [3.63, 3.8) is 0 Å². The van der Waals surface area contributed by atoms with Gasteiger partial charge in [0.1, 0.15) is 11.6 Å². The number of carbonyl (C=O) groups is 1. The molecule has 2 heterocycles. The maximum absolute atomic E-state index is 11.8. The van der Waals surface area contributed by atoms with Crippen molar-refractivity contribution in [1.82, 2.24) is 14.9 Å². The third kappa shape index (κ3) is 5.25. The first-order valence-corrected chi connectivity index (χ1v) is 9.52. The monoisotopic (exact) mass is 385 g/mol. The predicted octanol–water partition coefficient (Wildman–Crippen LogP) is 3.57. The number of benzene rings is 1. The highest BCUT2D eigenvalue weighted by molar-refractivity contribution is 5.67. The van der Waals surface area contributed by atoms with Crippen LogP contribution in [0.2, 0.25) is 0 Å². The van der Waals surface area contributed by atoms with E-state index in [2.05, 4.69) is 20.6 Å². The minimum absolute atomic E-state index is 0.220. The Bertz CT molecular complexity index is 806. The Morgan fingerprint density at radius 2 is 2.04 bits per heavy atom. The van der Waals surface area contributed by atoms with Gasteiger partial charge in [0.05, 0.1) is 13.7 Å². The molecule has 1 aromatic heterocycles. The second-order valence-corrected chi connectivity index (χ2v) is 6.68. The van der Waals surface area contributed by atoms with Crippen molar-refractivity contribution in [2.75, 3.05) is 37.4 Å². The first-order chi connectivity index (χ1) is 13.6. The zero-order valence-electron chi connectivity index (χ0n) is 16.6. The van der Waals surface area contributed by atoms with E-state index < -0.39 is 0 Å².